The van der Waals surface area contributed by atoms with E-state index in [1.807, 2.05) is 4.90 Å². The largest absolute Gasteiger partial charge is 0.379 e. The maximum Gasteiger partial charge on any atom is 0.257 e. The second-order valence-corrected chi connectivity index (χ2v) is 6.73. The van der Waals surface area contributed by atoms with E-state index in [4.69, 9.17) is 27.9 Å². The van der Waals surface area contributed by atoms with E-state index in [1.54, 1.807) is 24.3 Å². The topological polar surface area (TPSA) is 83.6 Å². The molecule has 1 aromatic heterocycles. The zero-order valence-electron chi connectivity index (χ0n) is 14.4. The van der Waals surface area contributed by atoms with Gasteiger partial charge < -0.3 is 15.4 Å². The fraction of sp³-hybridized carbons (Fsp3) is 0.278. The minimum Gasteiger partial charge on any atom is -0.379 e. The van der Waals surface area contributed by atoms with Gasteiger partial charge in [-0.1, -0.05) is 23.2 Å². The third kappa shape index (κ3) is 5.64. The molecule has 27 heavy (non-hydrogen) atoms. The Morgan fingerprint density at radius 1 is 1.07 bits per heavy atom. The van der Waals surface area contributed by atoms with Gasteiger partial charge in [-0.05, 0) is 30.3 Å². The summed E-state index contributed by atoms with van der Waals surface area (Å²) >= 11 is 11.6. The molecule has 1 saturated heterocycles. The fourth-order valence-electron chi connectivity index (χ4n) is 2.55. The van der Waals surface area contributed by atoms with Crippen molar-refractivity contribution in [1.82, 2.24) is 9.88 Å². The SMILES string of the molecule is O=C(CN1CCOCC1)Nc1ccc(NC(=O)c2cnc(Cl)c(Cl)c2)cc1. The summed E-state index contributed by atoms with van der Waals surface area (Å²) in [6.07, 6.45) is 1.35. The number of nitrogens with zero attached hydrogens (tertiary/aromatic N) is 2. The van der Waals surface area contributed by atoms with Crippen LogP contribution in [0.25, 0.3) is 0 Å². The highest BCUT2D eigenvalue weighted by molar-refractivity contribution is 6.41. The van der Waals surface area contributed by atoms with Crippen LogP contribution >= 0.6 is 23.2 Å². The number of pyridine rings is 1. The smallest absolute Gasteiger partial charge is 0.257 e. The molecule has 2 aromatic rings. The number of anilines is 2. The first-order valence-corrected chi connectivity index (χ1v) is 9.09. The molecule has 0 saturated carbocycles. The molecule has 0 bridgehead atoms. The lowest BCUT2D eigenvalue weighted by Gasteiger charge is -2.25. The number of aromatic nitrogens is 1. The van der Waals surface area contributed by atoms with Crippen LogP contribution < -0.4 is 10.6 Å². The zero-order valence-corrected chi connectivity index (χ0v) is 15.9. The first-order chi connectivity index (χ1) is 13.0. The Bertz CT molecular complexity index is 824. The molecule has 9 heteroatoms. The maximum absolute atomic E-state index is 12.2. The Hall–Kier alpha value is -2.19. The van der Waals surface area contributed by atoms with Crippen LogP contribution in [0.5, 0.6) is 0 Å². The monoisotopic (exact) mass is 408 g/mol. The molecule has 2 amide bonds. The van der Waals surface area contributed by atoms with E-state index in [0.29, 0.717) is 36.7 Å². The van der Waals surface area contributed by atoms with Crippen molar-refractivity contribution in [1.29, 1.82) is 0 Å². The third-order valence-electron chi connectivity index (χ3n) is 3.96. The highest BCUT2D eigenvalue weighted by Gasteiger charge is 2.14. The van der Waals surface area contributed by atoms with Crippen LogP contribution in [0.15, 0.2) is 36.5 Å². The van der Waals surface area contributed by atoms with Crippen molar-refractivity contribution in [2.45, 2.75) is 0 Å². The molecule has 0 spiro atoms. The van der Waals surface area contributed by atoms with Gasteiger partial charge in [0.15, 0.2) is 0 Å². The van der Waals surface area contributed by atoms with Crippen molar-refractivity contribution in [3.05, 3.63) is 52.3 Å². The molecule has 0 aliphatic carbocycles. The van der Waals surface area contributed by atoms with Crippen LogP contribution in [0.2, 0.25) is 10.2 Å². The van der Waals surface area contributed by atoms with Gasteiger partial charge in [0.1, 0.15) is 5.15 Å². The van der Waals surface area contributed by atoms with E-state index in [1.165, 1.54) is 12.3 Å². The Balaban J connectivity index is 1.54. The van der Waals surface area contributed by atoms with Crippen molar-refractivity contribution in [2.24, 2.45) is 0 Å². The van der Waals surface area contributed by atoms with Gasteiger partial charge in [0.05, 0.1) is 30.3 Å². The second-order valence-electron chi connectivity index (χ2n) is 5.96. The molecule has 1 aliphatic rings. The van der Waals surface area contributed by atoms with E-state index in [0.717, 1.165) is 13.1 Å². The van der Waals surface area contributed by atoms with Gasteiger partial charge in [-0.25, -0.2) is 4.98 Å². The van der Waals surface area contributed by atoms with Crippen molar-refractivity contribution in [2.75, 3.05) is 43.5 Å². The zero-order chi connectivity index (χ0) is 19.2. The summed E-state index contributed by atoms with van der Waals surface area (Å²) in [6.45, 7) is 3.13. The van der Waals surface area contributed by atoms with Crippen molar-refractivity contribution in [3.8, 4) is 0 Å². The molecule has 0 atom stereocenters. The predicted octanol–water partition coefficient (Wildman–Crippen LogP) is 2.91. The number of halogens is 2. The fourth-order valence-corrected chi connectivity index (χ4v) is 2.82. The van der Waals surface area contributed by atoms with Gasteiger partial charge in [-0.2, -0.15) is 0 Å². The number of amides is 2. The van der Waals surface area contributed by atoms with Gasteiger partial charge in [-0.3, -0.25) is 14.5 Å². The summed E-state index contributed by atoms with van der Waals surface area (Å²) in [5, 5.41) is 5.93. The number of morpholine rings is 1. The number of benzene rings is 1. The van der Waals surface area contributed by atoms with E-state index in [2.05, 4.69) is 15.6 Å². The summed E-state index contributed by atoms with van der Waals surface area (Å²) in [5.74, 6) is -0.444. The lowest BCUT2D eigenvalue weighted by Crippen LogP contribution is -2.41. The lowest BCUT2D eigenvalue weighted by molar-refractivity contribution is -0.118. The summed E-state index contributed by atoms with van der Waals surface area (Å²) in [7, 11) is 0. The van der Waals surface area contributed by atoms with Crippen molar-refractivity contribution >= 4 is 46.4 Å². The van der Waals surface area contributed by atoms with Crippen LogP contribution in [0.1, 0.15) is 10.4 Å². The number of hydrogen-bond donors (Lipinski definition) is 2. The van der Waals surface area contributed by atoms with E-state index in [9.17, 15) is 9.59 Å². The Kier molecular flexibility index (Phi) is 6.63. The van der Waals surface area contributed by atoms with Crippen molar-refractivity contribution < 1.29 is 14.3 Å². The first kappa shape index (κ1) is 19.6. The van der Waals surface area contributed by atoms with Gasteiger partial charge in [0.25, 0.3) is 5.91 Å². The third-order valence-corrected chi connectivity index (χ3v) is 4.64. The highest BCUT2D eigenvalue weighted by atomic mass is 35.5. The van der Waals surface area contributed by atoms with Crippen LogP contribution in [0, 0.1) is 0 Å². The molecule has 142 valence electrons. The molecule has 0 unspecified atom stereocenters. The quantitative estimate of drug-likeness (QED) is 0.743. The molecular formula is C18H18Cl2N4O3. The molecule has 7 nitrogen and oxygen atoms in total. The average Bonchev–Trinajstić information content (AvgIpc) is 2.66. The normalized spacial score (nSPS) is 14.6. The lowest BCUT2D eigenvalue weighted by atomic mass is 10.2. The van der Waals surface area contributed by atoms with Gasteiger partial charge >= 0.3 is 0 Å². The molecular weight excluding hydrogens is 391 g/mol. The molecule has 2 N–H and O–H groups in total. The number of hydrogen-bond acceptors (Lipinski definition) is 5. The average molecular weight is 409 g/mol. The van der Waals surface area contributed by atoms with Crippen LogP contribution in [0.4, 0.5) is 11.4 Å². The molecule has 1 aromatic carbocycles. The second kappa shape index (κ2) is 9.14. The van der Waals surface area contributed by atoms with Gasteiger partial charge in [-0.15, -0.1) is 0 Å². The van der Waals surface area contributed by atoms with E-state index in [-0.39, 0.29) is 22.0 Å². The Morgan fingerprint density at radius 3 is 2.33 bits per heavy atom. The molecule has 0 radical (unpaired) electrons. The molecule has 1 fully saturated rings. The number of rotatable bonds is 5. The van der Waals surface area contributed by atoms with E-state index < -0.39 is 0 Å². The predicted molar refractivity (Wildman–Crippen MR) is 105 cm³/mol. The minimum absolute atomic E-state index is 0.0874. The molecule has 2 heterocycles. The van der Waals surface area contributed by atoms with Gasteiger partial charge in [0, 0.05) is 30.7 Å². The number of carbonyl (C=O) groups is 2. The van der Waals surface area contributed by atoms with Crippen molar-refractivity contribution in [3.63, 3.8) is 0 Å². The number of ether oxygens (including phenoxy) is 1. The molecule has 1 aliphatic heterocycles. The number of nitrogens with one attached hydrogen (secondary N) is 2. The Morgan fingerprint density at radius 2 is 1.70 bits per heavy atom. The summed E-state index contributed by atoms with van der Waals surface area (Å²) in [6, 6.07) is 8.30. The number of carbonyl (C=O) groups excluding carboxylic acids is 2. The van der Waals surface area contributed by atoms with Crippen LogP contribution in [-0.4, -0.2) is 54.5 Å². The Labute approximate surface area is 166 Å². The summed E-state index contributed by atoms with van der Waals surface area (Å²) < 4.78 is 5.26. The maximum atomic E-state index is 12.2. The highest BCUT2D eigenvalue weighted by Crippen LogP contribution is 2.21. The first-order valence-electron chi connectivity index (χ1n) is 8.33. The van der Waals surface area contributed by atoms with Gasteiger partial charge in [0.2, 0.25) is 5.91 Å². The standard InChI is InChI=1S/C18H18Cl2N4O3/c19-15-9-12(10-21-17(15)20)18(26)23-14-3-1-13(2-4-14)22-16(25)11-24-5-7-27-8-6-24/h1-4,9-10H,5-8,11H2,(H,22,25)(H,23,26). The summed E-state index contributed by atoms with van der Waals surface area (Å²) in [4.78, 5) is 30.2. The van der Waals surface area contributed by atoms with Crippen LogP contribution in [-0.2, 0) is 9.53 Å². The molecule has 3 rings (SSSR count). The summed E-state index contributed by atoms with van der Waals surface area (Å²) in [5.41, 5.74) is 1.53. The van der Waals surface area contributed by atoms with E-state index >= 15 is 0 Å². The van der Waals surface area contributed by atoms with Crippen LogP contribution in [0.3, 0.4) is 0 Å². The minimum atomic E-state index is -0.356.